The number of nitrogens with two attached hydrogens (primary N) is 1. The number of hydrazine groups is 1. The second kappa shape index (κ2) is 4.81. The van der Waals surface area contributed by atoms with Crippen molar-refractivity contribution in [2.45, 2.75) is 32.8 Å². The summed E-state index contributed by atoms with van der Waals surface area (Å²) in [6, 6.07) is 0. The summed E-state index contributed by atoms with van der Waals surface area (Å²) >= 11 is 0. The zero-order valence-corrected chi connectivity index (χ0v) is 9.75. The molecule has 1 aliphatic rings. The standard InChI is InChI=1S/C10H21N3O2/c1-10(2,3)15-9(14)12-13-5-4-8(6-11)7-13/h8H,4-7,11H2,1-3H3,(H,12,14)/t8-/m1/s1. The zero-order chi connectivity index (χ0) is 11.5. The van der Waals surface area contributed by atoms with Crippen molar-refractivity contribution in [2.75, 3.05) is 19.6 Å². The number of hydrogen-bond acceptors (Lipinski definition) is 4. The highest BCUT2D eigenvalue weighted by atomic mass is 16.6. The topological polar surface area (TPSA) is 67.6 Å². The van der Waals surface area contributed by atoms with Gasteiger partial charge in [-0.05, 0) is 39.7 Å². The minimum absolute atomic E-state index is 0.389. The van der Waals surface area contributed by atoms with E-state index in [-0.39, 0.29) is 6.09 Å². The maximum atomic E-state index is 11.4. The van der Waals surface area contributed by atoms with Crippen LogP contribution in [0.4, 0.5) is 4.79 Å². The SMILES string of the molecule is CC(C)(C)OC(=O)NN1CC[C@H](CN)C1. The van der Waals surface area contributed by atoms with E-state index in [4.69, 9.17) is 10.5 Å². The van der Waals surface area contributed by atoms with Crippen molar-refractivity contribution < 1.29 is 9.53 Å². The van der Waals surface area contributed by atoms with Gasteiger partial charge in [0.15, 0.2) is 0 Å². The summed E-state index contributed by atoms with van der Waals surface area (Å²) in [5.41, 5.74) is 7.83. The molecule has 0 saturated carbocycles. The Kier molecular flexibility index (Phi) is 3.93. The van der Waals surface area contributed by atoms with E-state index in [0.29, 0.717) is 12.5 Å². The number of carbonyl (C=O) groups excluding carboxylic acids is 1. The fourth-order valence-electron chi connectivity index (χ4n) is 1.56. The maximum absolute atomic E-state index is 11.4. The fraction of sp³-hybridized carbons (Fsp3) is 0.900. The number of nitrogens with one attached hydrogen (secondary N) is 1. The lowest BCUT2D eigenvalue weighted by atomic mass is 10.1. The molecule has 1 fully saturated rings. The molecule has 0 aromatic carbocycles. The zero-order valence-electron chi connectivity index (χ0n) is 9.75. The van der Waals surface area contributed by atoms with Gasteiger partial charge in [-0.25, -0.2) is 9.80 Å². The van der Waals surface area contributed by atoms with Gasteiger partial charge in [0.05, 0.1) is 0 Å². The van der Waals surface area contributed by atoms with Crippen LogP contribution in [0.5, 0.6) is 0 Å². The fourth-order valence-corrected chi connectivity index (χ4v) is 1.56. The van der Waals surface area contributed by atoms with E-state index < -0.39 is 5.60 Å². The molecule has 1 atom stereocenters. The number of rotatable bonds is 2. The molecule has 0 bridgehead atoms. The largest absolute Gasteiger partial charge is 0.443 e. The second-order valence-electron chi connectivity index (χ2n) is 4.95. The maximum Gasteiger partial charge on any atom is 0.422 e. The predicted molar refractivity (Wildman–Crippen MR) is 58.1 cm³/mol. The molecular formula is C10H21N3O2. The first-order valence-electron chi connectivity index (χ1n) is 5.35. The molecule has 15 heavy (non-hydrogen) atoms. The molecule has 88 valence electrons. The molecule has 0 unspecified atom stereocenters. The second-order valence-corrected chi connectivity index (χ2v) is 4.95. The van der Waals surface area contributed by atoms with Crippen LogP contribution in [-0.4, -0.2) is 36.3 Å². The first kappa shape index (κ1) is 12.3. The van der Waals surface area contributed by atoms with E-state index in [1.807, 2.05) is 25.8 Å². The van der Waals surface area contributed by atoms with E-state index in [2.05, 4.69) is 5.43 Å². The molecule has 3 N–H and O–H groups in total. The van der Waals surface area contributed by atoms with Crippen molar-refractivity contribution in [1.82, 2.24) is 10.4 Å². The van der Waals surface area contributed by atoms with Crippen LogP contribution in [0.25, 0.3) is 0 Å². The van der Waals surface area contributed by atoms with E-state index in [1.165, 1.54) is 0 Å². The summed E-state index contributed by atoms with van der Waals surface area (Å²) in [4.78, 5) is 11.4. The number of hydrogen-bond donors (Lipinski definition) is 2. The molecule has 1 rings (SSSR count). The highest BCUT2D eigenvalue weighted by Gasteiger charge is 2.24. The Labute approximate surface area is 90.9 Å². The predicted octanol–water partition coefficient (Wildman–Crippen LogP) is 0.707. The monoisotopic (exact) mass is 215 g/mol. The summed E-state index contributed by atoms with van der Waals surface area (Å²) in [6.07, 6.45) is 0.645. The Morgan fingerprint density at radius 2 is 2.27 bits per heavy atom. The number of amides is 1. The number of carbonyl (C=O) groups is 1. The van der Waals surface area contributed by atoms with Crippen molar-refractivity contribution in [1.29, 1.82) is 0 Å². The van der Waals surface area contributed by atoms with Gasteiger partial charge in [-0.1, -0.05) is 0 Å². The summed E-state index contributed by atoms with van der Waals surface area (Å²) in [5.74, 6) is 0.486. The van der Waals surface area contributed by atoms with Gasteiger partial charge in [0, 0.05) is 13.1 Å². The average molecular weight is 215 g/mol. The van der Waals surface area contributed by atoms with Crippen LogP contribution in [0.3, 0.4) is 0 Å². The van der Waals surface area contributed by atoms with Gasteiger partial charge in [-0.3, -0.25) is 5.43 Å². The van der Waals surface area contributed by atoms with Crippen LogP contribution in [-0.2, 0) is 4.74 Å². The molecule has 5 heteroatoms. The Morgan fingerprint density at radius 1 is 1.60 bits per heavy atom. The minimum Gasteiger partial charge on any atom is -0.443 e. The quantitative estimate of drug-likeness (QED) is 0.711. The molecule has 0 spiro atoms. The van der Waals surface area contributed by atoms with Gasteiger partial charge in [0.1, 0.15) is 5.60 Å². The highest BCUT2D eigenvalue weighted by Crippen LogP contribution is 2.13. The molecule has 0 radical (unpaired) electrons. The Balaban J connectivity index is 2.28. The molecule has 1 heterocycles. The number of nitrogens with zero attached hydrogens (tertiary/aromatic N) is 1. The normalized spacial score (nSPS) is 22.8. The third-order valence-corrected chi connectivity index (χ3v) is 2.27. The van der Waals surface area contributed by atoms with Crippen molar-refractivity contribution in [3.05, 3.63) is 0 Å². The molecule has 0 aromatic heterocycles. The van der Waals surface area contributed by atoms with E-state index in [1.54, 1.807) is 0 Å². The van der Waals surface area contributed by atoms with Crippen LogP contribution >= 0.6 is 0 Å². The van der Waals surface area contributed by atoms with Gasteiger partial charge in [0.25, 0.3) is 0 Å². The van der Waals surface area contributed by atoms with Gasteiger partial charge in [-0.15, -0.1) is 0 Å². The molecule has 1 aliphatic heterocycles. The Morgan fingerprint density at radius 3 is 2.73 bits per heavy atom. The van der Waals surface area contributed by atoms with E-state index >= 15 is 0 Å². The van der Waals surface area contributed by atoms with Gasteiger partial charge < -0.3 is 10.5 Å². The van der Waals surface area contributed by atoms with Crippen LogP contribution in [0.15, 0.2) is 0 Å². The van der Waals surface area contributed by atoms with Crippen LogP contribution in [0.2, 0.25) is 0 Å². The van der Waals surface area contributed by atoms with E-state index in [9.17, 15) is 4.79 Å². The van der Waals surface area contributed by atoms with E-state index in [0.717, 1.165) is 19.5 Å². The highest BCUT2D eigenvalue weighted by molar-refractivity contribution is 5.67. The minimum atomic E-state index is -0.447. The van der Waals surface area contributed by atoms with Crippen molar-refractivity contribution >= 4 is 6.09 Å². The van der Waals surface area contributed by atoms with Crippen molar-refractivity contribution in [2.24, 2.45) is 11.7 Å². The summed E-state index contributed by atoms with van der Waals surface area (Å²) in [5, 5.41) is 1.87. The Bertz CT molecular complexity index is 225. The summed E-state index contributed by atoms with van der Waals surface area (Å²) < 4.78 is 5.15. The van der Waals surface area contributed by atoms with Crippen LogP contribution in [0.1, 0.15) is 27.2 Å². The molecule has 5 nitrogen and oxygen atoms in total. The summed E-state index contributed by atoms with van der Waals surface area (Å²) in [7, 11) is 0. The van der Waals surface area contributed by atoms with Crippen LogP contribution in [0, 0.1) is 5.92 Å². The lowest BCUT2D eigenvalue weighted by Crippen LogP contribution is -2.43. The van der Waals surface area contributed by atoms with Gasteiger partial charge >= 0.3 is 6.09 Å². The Hall–Kier alpha value is -0.810. The van der Waals surface area contributed by atoms with Crippen molar-refractivity contribution in [3.63, 3.8) is 0 Å². The third kappa shape index (κ3) is 4.48. The average Bonchev–Trinajstić information content (AvgIpc) is 2.48. The molecule has 0 aliphatic carbocycles. The van der Waals surface area contributed by atoms with Gasteiger partial charge in [-0.2, -0.15) is 0 Å². The number of ether oxygens (including phenoxy) is 1. The molecule has 0 aromatic rings. The molecule has 1 saturated heterocycles. The molecule has 1 amide bonds. The smallest absolute Gasteiger partial charge is 0.422 e. The first-order chi connectivity index (χ1) is 6.90. The van der Waals surface area contributed by atoms with Crippen molar-refractivity contribution in [3.8, 4) is 0 Å². The molecular weight excluding hydrogens is 194 g/mol. The summed E-state index contributed by atoms with van der Waals surface area (Å²) in [6.45, 7) is 7.88. The lowest BCUT2D eigenvalue weighted by Gasteiger charge is -2.23. The third-order valence-electron chi connectivity index (χ3n) is 2.27. The first-order valence-corrected chi connectivity index (χ1v) is 5.35. The van der Waals surface area contributed by atoms with Gasteiger partial charge in [0.2, 0.25) is 0 Å². The van der Waals surface area contributed by atoms with Crippen LogP contribution < -0.4 is 11.2 Å². The lowest BCUT2D eigenvalue weighted by molar-refractivity contribution is 0.0361.